The van der Waals surface area contributed by atoms with E-state index in [0.29, 0.717) is 30.0 Å². The number of nitriles is 1. The predicted molar refractivity (Wildman–Crippen MR) is 101 cm³/mol. The molecule has 30 heavy (non-hydrogen) atoms. The summed E-state index contributed by atoms with van der Waals surface area (Å²) in [5.74, 6) is -0.276. The van der Waals surface area contributed by atoms with Gasteiger partial charge in [-0.2, -0.15) is 23.5 Å². The van der Waals surface area contributed by atoms with E-state index in [1.807, 2.05) is 13.0 Å². The van der Waals surface area contributed by atoms with Crippen LogP contribution < -0.4 is 4.74 Å². The maximum atomic E-state index is 13.2. The Hall–Kier alpha value is -3.38. The van der Waals surface area contributed by atoms with Crippen LogP contribution in [0, 0.1) is 11.3 Å². The molecule has 0 fully saturated rings. The quantitative estimate of drug-likeness (QED) is 0.639. The van der Waals surface area contributed by atoms with E-state index < -0.39 is 11.7 Å². The average Bonchev–Trinajstić information content (AvgIpc) is 3.11. The zero-order valence-electron chi connectivity index (χ0n) is 16.2. The van der Waals surface area contributed by atoms with Gasteiger partial charge in [0.25, 0.3) is 0 Å². The number of benzene rings is 1. The number of ether oxygens (including phenoxy) is 2. The summed E-state index contributed by atoms with van der Waals surface area (Å²) in [5.41, 5.74) is 2.83. The van der Waals surface area contributed by atoms with Crippen molar-refractivity contribution < 1.29 is 22.6 Å². The van der Waals surface area contributed by atoms with Crippen LogP contribution in [0.15, 0.2) is 36.5 Å². The normalized spacial score (nSPS) is 16.1. The van der Waals surface area contributed by atoms with E-state index >= 15 is 0 Å². The highest BCUT2D eigenvalue weighted by Gasteiger charge is 2.35. The molecule has 0 N–H and O–H groups in total. The molecule has 1 aliphatic heterocycles. The summed E-state index contributed by atoms with van der Waals surface area (Å²) >= 11 is 0. The van der Waals surface area contributed by atoms with Gasteiger partial charge in [-0.1, -0.05) is 0 Å². The molecule has 0 unspecified atom stereocenters. The summed E-state index contributed by atoms with van der Waals surface area (Å²) in [6, 6.07) is 9.05. The van der Waals surface area contributed by atoms with Crippen LogP contribution in [-0.4, -0.2) is 28.0 Å². The van der Waals surface area contributed by atoms with Gasteiger partial charge in [0.2, 0.25) is 0 Å². The molecule has 0 saturated heterocycles. The van der Waals surface area contributed by atoms with Crippen molar-refractivity contribution in [3.05, 3.63) is 59.0 Å². The Morgan fingerprint density at radius 1 is 1.27 bits per heavy atom. The van der Waals surface area contributed by atoms with Crippen molar-refractivity contribution in [2.24, 2.45) is 0 Å². The smallest absolute Gasteiger partial charge is 0.419 e. The molecule has 1 aromatic carbocycles. The number of halogens is 3. The largest absolute Gasteiger partial charge is 0.496 e. The topological polar surface area (TPSA) is 73.0 Å². The van der Waals surface area contributed by atoms with Crippen LogP contribution in [0.5, 0.6) is 5.75 Å². The van der Waals surface area contributed by atoms with Gasteiger partial charge < -0.3 is 9.47 Å². The molecular weight excluding hydrogens is 397 g/mol. The fourth-order valence-corrected chi connectivity index (χ4v) is 3.53. The van der Waals surface area contributed by atoms with Gasteiger partial charge in [0.1, 0.15) is 17.5 Å². The standard InChI is InChI=1S/C21H17F3N4O2/c1-12-7-18-16(11-30-12)20(13-5-6-26-14(8-13)10-25)27-28(18)15-3-4-17(21(22,23)24)19(9-15)29-2/h3-6,8-9,12H,7,11H2,1-2H3/t12-/m0/s1. The van der Waals surface area contributed by atoms with E-state index in [1.54, 1.807) is 16.8 Å². The zero-order chi connectivity index (χ0) is 21.5. The Kier molecular flexibility index (Phi) is 4.95. The van der Waals surface area contributed by atoms with Crippen molar-refractivity contribution in [2.45, 2.75) is 32.2 Å². The van der Waals surface area contributed by atoms with Gasteiger partial charge in [-0.15, -0.1) is 0 Å². The molecule has 6 nitrogen and oxygen atoms in total. The van der Waals surface area contributed by atoms with E-state index in [0.717, 1.165) is 17.3 Å². The Bertz CT molecular complexity index is 1150. The molecule has 154 valence electrons. The SMILES string of the molecule is COc1cc(-n2nc(-c3ccnc(C#N)c3)c3c2C[C@H](C)OC3)ccc1C(F)(F)F. The van der Waals surface area contributed by atoms with E-state index in [9.17, 15) is 13.2 Å². The van der Waals surface area contributed by atoms with Crippen LogP contribution in [0.1, 0.15) is 29.4 Å². The first-order valence-corrected chi connectivity index (χ1v) is 9.16. The minimum Gasteiger partial charge on any atom is -0.496 e. The summed E-state index contributed by atoms with van der Waals surface area (Å²) in [6.45, 7) is 2.24. The third-order valence-electron chi connectivity index (χ3n) is 4.97. The monoisotopic (exact) mass is 414 g/mol. The van der Waals surface area contributed by atoms with Gasteiger partial charge in [0.05, 0.1) is 42.5 Å². The van der Waals surface area contributed by atoms with Gasteiger partial charge in [-0.05, 0) is 31.2 Å². The highest BCUT2D eigenvalue weighted by molar-refractivity contribution is 5.66. The molecule has 1 aliphatic rings. The van der Waals surface area contributed by atoms with E-state index in [1.165, 1.54) is 25.4 Å². The first-order valence-electron chi connectivity index (χ1n) is 9.16. The lowest BCUT2D eigenvalue weighted by molar-refractivity contribution is -0.138. The maximum absolute atomic E-state index is 13.2. The minimum absolute atomic E-state index is 0.0655. The van der Waals surface area contributed by atoms with E-state index in [4.69, 9.17) is 14.7 Å². The van der Waals surface area contributed by atoms with Gasteiger partial charge in [0, 0.05) is 29.8 Å². The maximum Gasteiger partial charge on any atom is 0.419 e. The molecule has 3 heterocycles. The molecule has 3 aromatic rings. The first kappa shape index (κ1) is 19.9. The Morgan fingerprint density at radius 3 is 2.77 bits per heavy atom. The number of rotatable bonds is 3. The van der Waals surface area contributed by atoms with E-state index in [-0.39, 0.29) is 17.5 Å². The number of methoxy groups -OCH3 is 1. The van der Waals surface area contributed by atoms with Gasteiger partial charge in [-0.25, -0.2) is 9.67 Å². The third-order valence-corrected chi connectivity index (χ3v) is 4.97. The van der Waals surface area contributed by atoms with Crippen molar-refractivity contribution in [1.29, 1.82) is 5.26 Å². The number of hydrogen-bond acceptors (Lipinski definition) is 5. The first-order chi connectivity index (χ1) is 14.3. The molecule has 0 bridgehead atoms. The highest BCUT2D eigenvalue weighted by Crippen LogP contribution is 2.38. The second-order valence-corrected chi connectivity index (χ2v) is 6.94. The molecule has 1 atom stereocenters. The zero-order valence-corrected chi connectivity index (χ0v) is 16.2. The second kappa shape index (κ2) is 7.46. The van der Waals surface area contributed by atoms with Crippen molar-refractivity contribution in [3.63, 3.8) is 0 Å². The lowest BCUT2D eigenvalue weighted by atomic mass is 10.0. The van der Waals surface area contributed by atoms with Crippen molar-refractivity contribution in [3.8, 4) is 28.8 Å². The number of nitrogens with zero attached hydrogens (tertiary/aromatic N) is 4. The molecule has 4 rings (SSSR count). The number of hydrogen-bond donors (Lipinski definition) is 0. The molecular formula is C21H17F3N4O2. The van der Waals surface area contributed by atoms with Crippen LogP contribution >= 0.6 is 0 Å². The molecule has 2 aromatic heterocycles. The van der Waals surface area contributed by atoms with Crippen LogP contribution in [0.25, 0.3) is 16.9 Å². The number of aromatic nitrogens is 3. The molecule has 0 saturated carbocycles. The Balaban J connectivity index is 1.89. The summed E-state index contributed by atoms with van der Waals surface area (Å²) in [4.78, 5) is 3.98. The van der Waals surface area contributed by atoms with Gasteiger partial charge in [-0.3, -0.25) is 0 Å². The fraction of sp³-hybridized carbons (Fsp3) is 0.286. The Morgan fingerprint density at radius 2 is 2.07 bits per heavy atom. The predicted octanol–water partition coefficient (Wildman–Crippen LogP) is 4.29. The summed E-state index contributed by atoms with van der Waals surface area (Å²) < 4.78 is 52.1. The molecule has 0 spiro atoms. The summed E-state index contributed by atoms with van der Waals surface area (Å²) in [7, 11) is 1.20. The molecule has 9 heteroatoms. The average molecular weight is 414 g/mol. The molecule has 0 amide bonds. The minimum atomic E-state index is -4.52. The van der Waals surface area contributed by atoms with Crippen LogP contribution in [0.2, 0.25) is 0 Å². The molecule has 0 radical (unpaired) electrons. The van der Waals surface area contributed by atoms with Gasteiger partial charge in [0.15, 0.2) is 0 Å². The summed E-state index contributed by atoms with van der Waals surface area (Å²) in [5, 5.41) is 13.8. The lowest BCUT2D eigenvalue weighted by Crippen LogP contribution is -2.21. The third kappa shape index (κ3) is 3.50. The van der Waals surface area contributed by atoms with Gasteiger partial charge >= 0.3 is 6.18 Å². The van der Waals surface area contributed by atoms with Crippen LogP contribution in [0.4, 0.5) is 13.2 Å². The number of pyridine rings is 1. The lowest BCUT2D eigenvalue weighted by Gasteiger charge is -2.21. The summed E-state index contributed by atoms with van der Waals surface area (Å²) in [6.07, 6.45) is -2.52. The highest BCUT2D eigenvalue weighted by atomic mass is 19.4. The number of fused-ring (bicyclic) bond motifs is 1. The van der Waals surface area contributed by atoms with Crippen molar-refractivity contribution in [1.82, 2.24) is 14.8 Å². The van der Waals surface area contributed by atoms with Crippen LogP contribution in [0.3, 0.4) is 0 Å². The van der Waals surface area contributed by atoms with Crippen molar-refractivity contribution >= 4 is 0 Å². The number of alkyl halides is 3. The van der Waals surface area contributed by atoms with E-state index in [2.05, 4.69) is 10.1 Å². The fourth-order valence-electron chi connectivity index (χ4n) is 3.53. The van der Waals surface area contributed by atoms with Crippen molar-refractivity contribution in [2.75, 3.05) is 7.11 Å². The molecule has 0 aliphatic carbocycles. The Labute approximate surface area is 170 Å². The van der Waals surface area contributed by atoms with Crippen LogP contribution in [-0.2, 0) is 23.9 Å². The second-order valence-electron chi connectivity index (χ2n) is 6.94.